The highest BCUT2D eigenvalue weighted by atomic mass is 16.2. The normalized spacial score (nSPS) is 15.1. The molecule has 4 nitrogen and oxygen atoms in total. The molecule has 0 unspecified atom stereocenters. The zero-order valence-corrected chi connectivity index (χ0v) is 12.9. The van der Waals surface area contributed by atoms with Gasteiger partial charge in [-0.05, 0) is 36.8 Å². The number of carbonyl (C=O) groups excluding carboxylic acids is 2. The molecule has 21 heavy (non-hydrogen) atoms. The summed E-state index contributed by atoms with van der Waals surface area (Å²) in [6, 6.07) is 7.75. The van der Waals surface area contributed by atoms with Gasteiger partial charge >= 0.3 is 0 Å². The predicted molar refractivity (Wildman–Crippen MR) is 84.2 cm³/mol. The first-order valence-corrected chi connectivity index (χ1v) is 7.74. The molecular weight excluding hydrogens is 264 g/mol. The van der Waals surface area contributed by atoms with Gasteiger partial charge < -0.3 is 10.2 Å². The molecule has 1 aromatic rings. The fourth-order valence-corrected chi connectivity index (χ4v) is 2.70. The SMILES string of the molecule is CC(C)c1ccccc1NC(=O)CC(=O)N1CCCCC1. The lowest BCUT2D eigenvalue weighted by atomic mass is 10.0. The van der Waals surface area contributed by atoms with E-state index in [0.717, 1.165) is 37.2 Å². The van der Waals surface area contributed by atoms with Crippen LogP contribution in [-0.4, -0.2) is 29.8 Å². The second-order valence-corrected chi connectivity index (χ2v) is 5.91. The summed E-state index contributed by atoms with van der Waals surface area (Å²) in [5.41, 5.74) is 1.90. The summed E-state index contributed by atoms with van der Waals surface area (Å²) in [6.45, 7) is 5.75. The van der Waals surface area contributed by atoms with Crippen LogP contribution in [0.3, 0.4) is 0 Å². The van der Waals surface area contributed by atoms with Gasteiger partial charge in [-0.1, -0.05) is 32.0 Å². The number of carbonyl (C=O) groups is 2. The monoisotopic (exact) mass is 288 g/mol. The number of piperidine rings is 1. The van der Waals surface area contributed by atoms with E-state index < -0.39 is 0 Å². The quantitative estimate of drug-likeness (QED) is 0.865. The zero-order valence-electron chi connectivity index (χ0n) is 12.9. The molecule has 2 rings (SSSR count). The van der Waals surface area contributed by atoms with Crippen molar-refractivity contribution in [3.05, 3.63) is 29.8 Å². The van der Waals surface area contributed by atoms with Crippen LogP contribution in [0.15, 0.2) is 24.3 Å². The van der Waals surface area contributed by atoms with Gasteiger partial charge in [-0.3, -0.25) is 9.59 Å². The molecular formula is C17H24N2O2. The average Bonchev–Trinajstić information content (AvgIpc) is 2.48. The molecule has 0 spiro atoms. The van der Waals surface area contributed by atoms with Gasteiger partial charge in [0.2, 0.25) is 11.8 Å². The molecule has 1 N–H and O–H groups in total. The summed E-state index contributed by atoms with van der Waals surface area (Å²) >= 11 is 0. The Hall–Kier alpha value is -1.84. The molecule has 1 fully saturated rings. The summed E-state index contributed by atoms with van der Waals surface area (Å²) < 4.78 is 0. The Morgan fingerprint density at radius 1 is 1.14 bits per heavy atom. The maximum absolute atomic E-state index is 12.1. The highest BCUT2D eigenvalue weighted by molar-refractivity contribution is 6.03. The molecule has 0 atom stereocenters. The number of benzene rings is 1. The number of hydrogen-bond donors (Lipinski definition) is 1. The summed E-state index contributed by atoms with van der Waals surface area (Å²) in [6.07, 6.45) is 3.21. The van der Waals surface area contributed by atoms with Crippen LogP contribution in [-0.2, 0) is 9.59 Å². The minimum atomic E-state index is -0.223. The van der Waals surface area contributed by atoms with Crippen molar-refractivity contribution in [3.8, 4) is 0 Å². The maximum atomic E-state index is 12.1. The number of amides is 2. The van der Waals surface area contributed by atoms with Gasteiger partial charge in [-0.2, -0.15) is 0 Å². The van der Waals surface area contributed by atoms with Crippen LogP contribution in [0, 0.1) is 0 Å². The maximum Gasteiger partial charge on any atom is 0.233 e. The fraction of sp³-hybridized carbons (Fsp3) is 0.529. The Balaban J connectivity index is 1.94. The first-order chi connectivity index (χ1) is 10.1. The smallest absolute Gasteiger partial charge is 0.233 e. The van der Waals surface area contributed by atoms with Gasteiger partial charge in [-0.15, -0.1) is 0 Å². The van der Waals surface area contributed by atoms with Crippen LogP contribution in [0.1, 0.15) is 51.0 Å². The van der Waals surface area contributed by atoms with Crippen molar-refractivity contribution in [2.24, 2.45) is 0 Å². The summed E-state index contributed by atoms with van der Waals surface area (Å²) in [5.74, 6) is 0.0483. The first kappa shape index (κ1) is 15.5. The van der Waals surface area contributed by atoms with Crippen LogP contribution in [0.25, 0.3) is 0 Å². The Morgan fingerprint density at radius 2 is 1.81 bits per heavy atom. The van der Waals surface area contributed by atoms with Gasteiger partial charge in [0.05, 0.1) is 0 Å². The topological polar surface area (TPSA) is 49.4 Å². The van der Waals surface area contributed by atoms with E-state index in [4.69, 9.17) is 0 Å². The lowest BCUT2D eigenvalue weighted by molar-refractivity contribution is -0.135. The Labute approximate surface area is 126 Å². The molecule has 0 bridgehead atoms. The third-order valence-electron chi connectivity index (χ3n) is 3.88. The predicted octanol–water partition coefficient (Wildman–Crippen LogP) is 3.15. The van der Waals surface area contributed by atoms with Gasteiger partial charge in [0.15, 0.2) is 0 Å². The van der Waals surface area contributed by atoms with E-state index in [2.05, 4.69) is 19.2 Å². The number of likely N-dealkylation sites (tertiary alicyclic amines) is 1. The average molecular weight is 288 g/mol. The van der Waals surface area contributed by atoms with E-state index in [1.54, 1.807) is 4.90 Å². The summed E-state index contributed by atoms with van der Waals surface area (Å²) in [7, 11) is 0. The molecule has 0 saturated carbocycles. The molecule has 1 aromatic carbocycles. The molecule has 0 aliphatic carbocycles. The highest BCUT2D eigenvalue weighted by Gasteiger charge is 2.19. The van der Waals surface area contributed by atoms with Gasteiger partial charge in [-0.25, -0.2) is 0 Å². The number of rotatable bonds is 4. The molecule has 0 radical (unpaired) electrons. The Morgan fingerprint density at radius 3 is 2.48 bits per heavy atom. The van der Waals surface area contributed by atoms with Crippen LogP contribution in [0.4, 0.5) is 5.69 Å². The molecule has 4 heteroatoms. The minimum Gasteiger partial charge on any atom is -0.342 e. The van der Waals surface area contributed by atoms with E-state index in [0.29, 0.717) is 5.92 Å². The number of hydrogen-bond acceptors (Lipinski definition) is 2. The minimum absolute atomic E-state index is 0.0609. The van der Waals surface area contributed by atoms with E-state index >= 15 is 0 Å². The van der Waals surface area contributed by atoms with E-state index in [1.165, 1.54) is 6.42 Å². The van der Waals surface area contributed by atoms with Crippen molar-refractivity contribution in [2.75, 3.05) is 18.4 Å². The van der Waals surface area contributed by atoms with Crippen molar-refractivity contribution in [3.63, 3.8) is 0 Å². The number of anilines is 1. The van der Waals surface area contributed by atoms with Crippen LogP contribution in [0.2, 0.25) is 0 Å². The van der Waals surface area contributed by atoms with Gasteiger partial charge in [0.25, 0.3) is 0 Å². The molecule has 1 aliphatic heterocycles. The third kappa shape index (κ3) is 4.31. The molecule has 1 aliphatic rings. The number of nitrogens with zero attached hydrogens (tertiary/aromatic N) is 1. The van der Waals surface area contributed by atoms with E-state index in [1.807, 2.05) is 24.3 Å². The standard InChI is InChI=1S/C17H24N2O2/c1-13(2)14-8-4-5-9-15(14)18-16(20)12-17(21)19-10-6-3-7-11-19/h4-5,8-9,13H,3,6-7,10-12H2,1-2H3,(H,18,20). The Bertz CT molecular complexity index is 505. The van der Waals surface area contributed by atoms with Crippen LogP contribution >= 0.6 is 0 Å². The largest absolute Gasteiger partial charge is 0.342 e. The van der Waals surface area contributed by atoms with E-state index in [9.17, 15) is 9.59 Å². The van der Waals surface area contributed by atoms with Crippen LogP contribution < -0.4 is 5.32 Å². The van der Waals surface area contributed by atoms with Crippen molar-refractivity contribution in [1.82, 2.24) is 4.90 Å². The van der Waals surface area contributed by atoms with Crippen molar-refractivity contribution >= 4 is 17.5 Å². The number of nitrogens with one attached hydrogen (secondary N) is 1. The molecule has 1 saturated heterocycles. The Kier molecular flexibility index (Phi) is 5.37. The van der Waals surface area contributed by atoms with Gasteiger partial charge in [0, 0.05) is 18.8 Å². The summed E-state index contributed by atoms with van der Waals surface area (Å²) in [4.78, 5) is 26.0. The molecule has 114 valence electrons. The fourth-order valence-electron chi connectivity index (χ4n) is 2.70. The molecule has 0 aromatic heterocycles. The molecule has 1 heterocycles. The van der Waals surface area contributed by atoms with Crippen molar-refractivity contribution < 1.29 is 9.59 Å². The van der Waals surface area contributed by atoms with Gasteiger partial charge in [0.1, 0.15) is 6.42 Å². The number of para-hydroxylation sites is 1. The second-order valence-electron chi connectivity index (χ2n) is 5.91. The third-order valence-corrected chi connectivity index (χ3v) is 3.88. The second kappa shape index (κ2) is 7.25. The van der Waals surface area contributed by atoms with Crippen LogP contribution in [0.5, 0.6) is 0 Å². The first-order valence-electron chi connectivity index (χ1n) is 7.74. The summed E-state index contributed by atoms with van der Waals surface area (Å²) in [5, 5.41) is 2.88. The zero-order chi connectivity index (χ0) is 15.2. The lowest BCUT2D eigenvalue weighted by Gasteiger charge is -2.26. The van der Waals surface area contributed by atoms with Crippen molar-refractivity contribution in [1.29, 1.82) is 0 Å². The molecule has 2 amide bonds. The lowest BCUT2D eigenvalue weighted by Crippen LogP contribution is -2.37. The highest BCUT2D eigenvalue weighted by Crippen LogP contribution is 2.23. The van der Waals surface area contributed by atoms with E-state index in [-0.39, 0.29) is 18.2 Å². The van der Waals surface area contributed by atoms with Crippen molar-refractivity contribution in [2.45, 2.75) is 45.4 Å².